The van der Waals surface area contributed by atoms with E-state index in [1.165, 1.54) is 6.07 Å². The van der Waals surface area contributed by atoms with Gasteiger partial charge in [-0.05, 0) is 55.3 Å². The van der Waals surface area contributed by atoms with Gasteiger partial charge in [0, 0.05) is 5.69 Å². The zero-order chi connectivity index (χ0) is 15.4. The van der Waals surface area contributed by atoms with Crippen LogP contribution in [0.25, 0.3) is 0 Å². The maximum atomic E-state index is 9.09. The summed E-state index contributed by atoms with van der Waals surface area (Å²) in [6.45, 7) is 3.80. The molecule has 0 amide bonds. The van der Waals surface area contributed by atoms with E-state index in [2.05, 4.69) is 10.2 Å². The largest absolute Gasteiger partial charge is 0.399 e. The Morgan fingerprint density at radius 2 is 1.62 bits per heavy atom. The molecule has 0 aliphatic rings. The van der Waals surface area contributed by atoms with E-state index >= 15 is 0 Å². The second kappa shape index (κ2) is 5.85. The van der Waals surface area contributed by atoms with Crippen molar-refractivity contribution >= 4 is 17.1 Å². The van der Waals surface area contributed by atoms with Crippen molar-refractivity contribution in [3.05, 3.63) is 52.6 Å². The van der Waals surface area contributed by atoms with E-state index in [1.54, 1.807) is 12.1 Å². The van der Waals surface area contributed by atoms with Gasteiger partial charge in [-0.2, -0.15) is 15.6 Å². The average Bonchev–Trinajstić information content (AvgIpc) is 2.49. The molecule has 0 aliphatic heterocycles. The maximum Gasteiger partial charge on any atom is 0.104 e. The van der Waals surface area contributed by atoms with Crippen LogP contribution in [0.15, 0.2) is 40.6 Å². The fraction of sp³-hybridized carbons (Fsp3) is 0.125. The summed E-state index contributed by atoms with van der Waals surface area (Å²) in [7, 11) is 0. The Balaban J connectivity index is 2.41. The third-order valence-electron chi connectivity index (χ3n) is 3.10. The molecule has 5 heteroatoms. The highest BCUT2D eigenvalue weighted by Crippen LogP contribution is 2.28. The number of nitrogen functional groups attached to an aromatic ring is 1. The lowest BCUT2D eigenvalue weighted by Crippen LogP contribution is -1.90. The minimum absolute atomic E-state index is 0.322. The molecule has 0 atom stereocenters. The molecule has 0 saturated heterocycles. The molecule has 2 N–H and O–H groups in total. The van der Waals surface area contributed by atoms with Crippen LogP contribution in [0, 0.1) is 36.5 Å². The molecule has 21 heavy (non-hydrogen) atoms. The van der Waals surface area contributed by atoms with Gasteiger partial charge in [-0.25, -0.2) is 0 Å². The molecule has 0 fully saturated rings. The fourth-order valence-corrected chi connectivity index (χ4v) is 1.82. The molecule has 5 nitrogen and oxygen atoms in total. The van der Waals surface area contributed by atoms with Gasteiger partial charge in [0.15, 0.2) is 0 Å². The maximum absolute atomic E-state index is 9.09. The summed E-state index contributed by atoms with van der Waals surface area (Å²) in [6.07, 6.45) is 0. The van der Waals surface area contributed by atoms with Crippen molar-refractivity contribution in [2.45, 2.75) is 13.8 Å². The molecule has 0 bridgehead atoms. The molecule has 2 aromatic carbocycles. The highest BCUT2D eigenvalue weighted by atomic mass is 15.1. The molecule has 2 rings (SSSR count). The second-order valence-corrected chi connectivity index (χ2v) is 4.65. The Morgan fingerprint density at radius 3 is 2.29 bits per heavy atom. The van der Waals surface area contributed by atoms with Crippen molar-refractivity contribution in [1.82, 2.24) is 0 Å². The van der Waals surface area contributed by atoms with Crippen molar-refractivity contribution in [3.8, 4) is 12.1 Å². The van der Waals surface area contributed by atoms with Crippen LogP contribution in [0.4, 0.5) is 17.1 Å². The van der Waals surface area contributed by atoms with E-state index in [-0.39, 0.29) is 0 Å². The molecule has 0 aromatic heterocycles. The Labute approximate surface area is 123 Å². The standard InChI is InChI=1S/C16H13N5/c1-10-6-16(11(2)5-14(10)19)21-20-15-4-3-12(8-17)7-13(15)9-18/h3-7H,19H2,1-2H3/b21-20+. The van der Waals surface area contributed by atoms with Crippen molar-refractivity contribution in [2.75, 3.05) is 5.73 Å². The number of nitrogens with zero attached hydrogens (tertiary/aromatic N) is 4. The minimum Gasteiger partial charge on any atom is -0.399 e. The zero-order valence-corrected chi connectivity index (χ0v) is 11.8. The van der Waals surface area contributed by atoms with Gasteiger partial charge in [-0.1, -0.05) is 0 Å². The molecule has 0 spiro atoms. The normalized spacial score (nSPS) is 10.3. The van der Waals surface area contributed by atoms with E-state index in [9.17, 15) is 0 Å². The van der Waals surface area contributed by atoms with Crippen molar-refractivity contribution < 1.29 is 0 Å². The number of nitrogens with two attached hydrogens (primary N) is 1. The SMILES string of the molecule is Cc1cc(/N=N/c2ccc(C#N)cc2C#N)c(C)cc1N. The van der Waals surface area contributed by atoms with Gasteiger partial charge in [0.1, 0.15) is 11.8 Å². The number of hydrogen-bond acceptors (Lipinski definition) is 5. The van der Waals surface area contributed by atoms with Crippen LogP contribution in [0.3, 0.4) is 0 Å². The lowest BCUT2D eigenvalue weighted by molar-refractivity contribution is 1.19. The number of anilines is 1. The summed E-state index contributed by atoms with van der Waals surface area (Å²) in [4.78, 5) is 0. The molecular formula is C16H13N5. The summed E-state index contributed by atoms with van der Waals surface area (Å²) >= 11 is 0. The van der Waals surface area contributed by atoms with Crippen molar-refractivity contribution in [1.29, 1.82) is 10.5 Å². The van der Waals surface area contributed by atoms with Gasteiger partial charge in [-0.3, -0.25) is 0 Å². The summed E-state index contributed by atoms with van der Waals surface area (Å²) < 4.78 is 0. The number of benzene rings is 2. The Hall–Kier alpha value is -3.18. The molecule has 0 heterocycles. The van der Waals surface area contributed by atoms with E-state index in [0.29, 0.717) is 28.2 Å². The fourth-order valence-electron chi connectivity index (χ4n) is 1.82. The Kier molecular flexibility index (Phi) is 3.97. The van der Waals surface area contributed by atoms with E-state index in [1.807, 2.05) is 38.1 Å². The van der Waals surface area contributed by atoms with Gasteiger partial charge < -0.3 is 5.73 Å². The number of aryl methyl sites for hydroxylation is 2. The smallest absolute Gasteiger partial charge is 0.104 e. The number of rotatable bonds is 2. The summed E-state index contributed by atoms with van der Waals surface area (Å²) in [6, 6.07) is 12.4. The number of azo groups is 1. The van der Waals surface area contributed by atoms with Crippen LogP contribution >= 0.6 is 0 Å². The Morgan fingerprint density at radius 1 is 0.905 bits per heavy atom. The minimum atomic E-state index is 0.322. The van der Waals surface area contributed by atoms with Crippen LogP contribution < -0.4 is 5.73 Å². The number of hydrogen-bond donors (Lipinski definition) is 1. The molecule has 102 valence electrons. The lowest BCUT2D eigenvalue weighted by atomic mass is 10.1. The third-order valence-corrected chi connectivity index (χ3v) is 3.10. The molecule has 0 radical (unpaired) electrons. The van der Waals surface area contributed by atoms with E-state index in [0.717, 1.165) is 11.1 Å². The van der Waals surface area contributed by atoms with E-state index < -0.39 is 0 Å². The van der Waals surface area contributed by atoms with Crippen molar-refractivity contribution in [2.24, 2.45) is 10.2 Å². The first-order valence-electron chi connectivity index (χ1n) is 6.28. The molecule has 0 aliphatic carbocycles. The van der Waals surface area contributed by atoms with Crippen LogP contribution in [0.2, 0.25) is 0 Å². The quantitative estimate of drug-likeness (QED) is 0.661. The highest BCUT2D eigenvalue weighted by molar-refractivity contribution is 5.60. The molecule has 0 saturated carbocycles. The second-order valence-electron chi connectivity index (χ2n) is 4.65. The number of nitriles is 2. The van der Waals surface area contributed by atoms with Gasteiger partial charge in [0.25, 0.3) is 0 Å². The highest BCUT2D eigenvalue weighted by Gasteiger charge is 2.04. The van der Waals surface area contributed by atoms with E-state index in [4.69, 9.17) is 16.3 Å². The average molecular weight is 275 g/mol. The first kappa shape index (κ1) is 14.2. The topological polar surface area (TPSA) is 98.3 Å². The van der Waals surface area contributed by atoms with Crippen LogP contribution in [-0.4, -0.2) is 0 Å². The molecule has 0 unspecified atom stereocenters. The third kappa shape index (κ3) is 3.05. The van der Waals surface area contributed by atoms with Gasteiger partial charge in [0.2, 0.25) is 0 Å². The Bertz CT molecular complexity index is 807. The molecular weight excluding hydrogens is 262 g/mol. The summed E-state index contributed by atoms with van der Waals surface area (Å²) in [5.41, 5.74) is 10.3. The lowest BCUT2D eigenvalue weighted by Gasteiger charge is -2.04. The van der Waals surface area contributed by atoms with Gasteiger partial charge >= 0.3 is 0 Å². The first-order chi connectivity index (χ1) is 10.0. The predicted molar refractivity (Wildman–Crippen MR) is 80.4 cm³/mol. The molecule has 2 aromatic rings. The monoisotopic (exact) mass is 275 g/mol. The van der Waals surface area contributed by atoms with Gasteiger partial charge in [-0.15, -0.1) is 5.11 Å². The summed E-state index contributed by atoms with van der Waals surface area (Å²) in [5.74, 6) is 0. The van der Waals surface area contributed by atoms with Crippen LogP contribution in [-0.2, 0) is 0 Å². The summed E-state index contributed by atoms with van der Waals surface area (Å²) in [5, 5.41) is 26.2. The van der Waals surface area contributed by atoms with Crippen LogP contribution in [0.5, 0.6) is 0 Å². The first-order valence-corrected chi connectivity index (χ1v) is 6.28. The van der Waals surface area contributed by atoms with Crippen molar-refractivity contribution in [3.63, 3.8) is 0 Å². The van der Waals surface area contributed by atoms with Crippen LogP contribution in [0.1, 0.15) is 22.3 Å². The zero-order valence-electron chi connectivity index (χ0n) is 11.8. The predicted octanol–water partition coefficient (Wildman–Crippen LogP) is 4.04. The van der Waals surface area contributed by atoms with Gasteiger partial charge in [0.05, 0.1) is 22.9 Å².